The van der Waals surface area contributed by atoms with E-state index in [4.69, 9.17) is 14.2 Å². The number of benzene rings is 1. The van der Waals surface area contributed by atoms with E-state index in [-0.39, 0.29) is 36.5 Å². The van der Waals surface area contributed by atoms with Gasteiger partial charge in [-0.25, -0.2) is 4.79 Å². The topological polar surface area (TPSA) is 169 Å². The fraction of sp³-hybridized carbons (Fsp3) is 0.605. The maximum absolute atomic E-state index is 12.9. The van der Waals surface area contributed by atoms with Crippen LogP contribution < -0.4 is 4.90 Å². The van der Waals surface area contributed by atoms with Crippen molar-refractivity contribution in [1.82, 2.24) is 0 Å². The Morgan fingerprint density at radius 3 is 2.47 bits per heavy atom. The van der Waals surface area contributed by atoms with Gasteiger partial charge in [-0.1, -0.05) is 50.3 Å². The molecule has 11 atom stereocenters. The molecule has 1 aromatic carbocycles. The van der Waals surface area contributed by atoms with Gasteiger partial charge in [0.1, 0.15) is 30.2 Å². The molecule has 0 bridgehead atoms. The Kier molecular flexibility index (Phi) is 10.6. The minimum absolute atomic E-state index is 0.0232. The molecule has 6 rings (SSSR count). The highest BCUT2D eigenvalue weighted by atomic mass is 16.7. The van der Waals surface area contributed by atoms with E-state index in [0.29, 0.717) is 24.2 Å². The molecule has 1 aromatic rings. The number of carbonyl (C=O) groups excluding carboxylic acids is 1. The largest absolute Gasteiger partial charge is 0.423 e. The molecule has 8 unspecified atom stereocenters. The number of hydrogen-bond donors (Lipinski definition) is 6. The number of esters is 1. The number of nitrogens with zero attached hydrogens (tertiary/aromatic N) is 1. The average molecular weight is 682 g/mol. The molecule has 0 spiro atoms. The molecule has 2 saturated carbocycles. The number of fused-ring (bicyclic) bond motifs is 1. The molecule has 0 aromatic heterocycles. The smallest absolute Gasteiger partial charge is 0.343 e. The second-order valence-corrected chi connectivity index (χ2v) is 14.9. The van der Waals surface area contributed by atoms with Crippen molar-refractivity contribution in [3.8, 4) is 0 Å². The number of rotatable bonds is 9. The Balaban J connectivity index is 1.17. The van der Waals surface area contributed by atoms with Crippen molar-refractivity contribution in [2.24, 2.45) is 22.7 Å². The van der Waals surface area contributed by atoms with Crippen LogP contribution in [0.1, 0.15) is 57.9 Å². The number of aliphatic hydroxyl groups excluding tert-OH is 6. The molecule has 3 aliphatic heterocycles. The van der Waals surface area contributed by atoms with Crippen LogP contribution in [0, 0.1) is 22.7 Å². The zero-order chi connectivity index (χ0) is 35.1. The van der Waals surface area contributed by atoms with E-state index in [1.54, 1.807) is 6.08 Å². The van der Waals surface area contributed by atoms with Gasteiger partial charge in [0, 0.05) is 23.6 Å². The highest BCUT2D eigenvalue weighted by molar-refractivity contribution is 5.96. The number of hydrogen-bond acceptors (Lipinski definition) is 11. The first kappa shape index (κ1) is 35.9. The van der Waals surface area contributed by atoms with Crippen molar-refractivity contribution in [1.29, 1.82) is 0 Å². The third kappa shape index (κ3) is 6.68. The monoisotopic (exact) mass is 681 g/mol. The zero-order valence-corrected chi connectivity index (χ0v) is 28.4. The molecule has 2 saturated heterocycles. The summed E-state index contributed by atoms with van der Waals surface area (Å²) in [4.78, 5) is 15.1. The van der Waals surface area contributed by atoms with E-state index in [1.165, 1.54) is 0 Å². The Hall–Kier alpha value is -2.87. The van der Waals surface area contributed by atoms with Crippen LogP contribution in [0.2, 0.25) is 0 Å². The molecule has 5 aliphatic rings. The van der Waals surface area contributed by atoms with Crippen LogP contribution in [0.25, 0.3) is 6.08 Å². The van der Waals surface area contributed by atoms with Gasteiger partial charge in [0.05, 0.1) is 37.5 Å². The van der Waals surface area contributed by atoms with Crippen molar-refractivity contribution in [3.05, 3.63) is 71.5 Å². The standard InChI is InChI=1S/C38H51NO10/c1-22-6-13-30-37(2,15-14-31(38(30,3)21-42)49-36-34(45)33(44)32(43)29(20-41)48-36)28(22)12-9-24-18-27(47-35(24)46)17-23-7-10-25(11-8-23)39-16-4-5-26(39)19-40/h7-12,17-18,26,28-34,36,40-45H,1,4-6,13-16,19-21H2,2-3H3/b12-9+,27-17+/t26?,28?,29?,30?,31-,32?,33?,34?,36?,37-,38+/m1/s1. The average Bonchev–Trinajstić information content (AvgIpc) is 3.71. The fourth-order valence-electron chi connectivity index (χ4n) is 9.13. The number of carbonyl (C=O) groups is 1. The summed E-state index contributed by atoms with van der Waals surface area (Å²) in [7, 11) is 0. The Bertz CT molecular complexity index is 1470. The Labute approximate surface area is 287 Å². The van der Waals surface area contributed by atoms with Gasteiger partial charge in [-0.05, 0) is 79.7 Å². The van der Waals surface area contributed by atoms with E-state index in [2.05, 4.69) is 18.4 Å². The van der Waals surface area contributed by atoms with Gasteiger partial charge in [0.25, 0.3) is 0 Å². The third-order valence-corrected chi connectivity index (χ3v) is 12.0. The van der Waals surface area contributed by atoms with E-state index < -0.39 is 54.8 Å². The Morgan fingerprint density at radius 2 is 1.78 bits per heavy atom. The first-order valence-electron chi connectivity index (χ1n) is 17.5. The summed E-state index contributed by atoms with van der Waals surface area (Å²) in [5, 5.41) is 61.3. The van der Waals surface area contributed by atoms with Crippen LogP contribution in [0.15, 0.2) is 66.0 Å². The normalized spacial score (nSPS) is 40.6. The molecule has 4 fully saturated rings. The van der Waals surface area contributed by atoms with Crippen molar-refractivity contribution in [2.45, 2.75) is 95.2 Å². The highest BCUT2D eigenvalue weighted by Gasteiger charge is 2.59. The van der Waals surface area contributed by atoms with E-state index >= 15 is 0 Å². The summed E-state index contributed by atoms with van der Waals surface area (Å²) in [5.41, 5.74) is 2.37. The summed E-state index contributed by atoms with van der Waals surface area (Å²) in [6.45, 7) is 8.88. The maximum atomic E-state index is 12.9. The lowest BCUT2D eigenvalue weighted by molar-refractivity contribution is -0.329. The predicted octanol–water partition coefficient (Wildman–Crippen LogP) is 2.59. The molecular formula is C38H51NO10. The summed E-state index contributed by atoms with van der Waals surface area (Å²) in [6, 6.07) is 8.15. The van der Waals surface area contributed by atoms with Gasteiger partial charge in [-0.3, -0.25) is 0 Å². The van der Waals surface area contributed by atoms with Crippen LogP contribution >= 0.6 is 0 Å². The van der Waals surface area contributed by atoms with Gasteiger partial charge < -0.3 is 49.7 Å². The maximum Gasteiger partial charge on any atom is 0.343 e. The molecule has 2 aliphatic carbocycles. The molecule has 3 heterocycles. The quantitative estimate of drug-likeness (QED) is 0.129. The molecule has 11 nitrogen and oxygen atoms in total. The van der Waals surface area contributed by atoms with E-state index in [0.717, 1.165) is 49.1 Å². The lowest BCUT2D eigenvalue weighted by atomic mass is 9.46. The summed E-state index contributed by atoms with van der Waals surface area (Å²) >= 11 is 0. The summed E-state index contributed by atoms with van der Waals surface area (Å²) < 4.78 is 17.5. The molecule has 11 heteroatoms. The molecular weight excluding hydrogens is 630 g/mol. The lowest BCUT2D eigenvalue weighted by Gasteiger charge is -2.60. The van der Waals surface area contributed by atoms with Crippen LogP contribution in [-0.2, 0) is 19.0 Å². The number of ether oxygens (including phenoxy) is 3. The van der Waals surface area contributed by atoms with Crippen LogP contribution in [0.3, 0.4) is 0 Å². The van der Waals surface area contributed by atoms with Crippen LogP contribution in [0.5, 0.6) is 0 Å². The number of allylic oxidation sites excluding steroid dienone is 3. The van der Waals surface area contributed by atoms with Gasteiger partial charge in [0.15, 0.2) is 6.29 Å². The Morgan fingerprint density at radius 1 is 1.02 bits per heavy atom. The van der Waals surface area contributed by atoms with Gasteiger partial charge in [-0.2, -0.15) is 0 Å². The number of aliphatic hydroxyl groups is 6. The number of anilines is 1. The van der Waals surface area contributed by atoms with Gasteiger partial charge >= 0.3 is 5.97 Å². The minimum atomic E-state index is -1.55. The fourth-order valence-corrected chi connectivity index (χ4v) is 9.13. The molecule has 0 amide bonds. The van der Waals surface area contributed by atoms with Crippen molar-refractivity contribution >= 4 is 17.7 Å². The van der Waals surface area contributed by atoms with Gasteiger partial charge in [0.2, 0.25) is 0 Å². The SMILES string of the molecule is C=C1CCC2[C@](C)(CC[C@@H](OC3OC(CO)C(O)C(O)C3O)[C@@]2(C)CO)C1/C=C/C1=CC(=C\c2ccc(N3CCCC3CO)cc2)/OC1=O. The van der Waals surface area contributed by atoms with E-state index in [9.17, 15) is 35.4 Å². The van der Waals surface area contributed by atoms with Crippen molar-refractivity contribution < 1.29 is 49.6 Å². The van der Waals surface area contributed by atoms with Crippen molar-refractivity contribution in [2.75, 3.05) is 31.3 Å². The molecule has 49 heavy (non-hydrogen) atoms. The predicted molar refractivity (Wildman–Crippen MR) is 182 cm³/mol. The van der Waals surface area contributed by atoms with E-state index in [1.807, 2.05) is 49.4 Å². The molecule has 0 radical (unpaired) electrons. The third-order valence-electron chi connectivity index (χ3n) is 12.0. The highest BCUT2D eigenvalue weighted by Crippen LogP contribution is 2.62. The second kappa shape index (κ2) is 14.4. The first-order valence-corrected chi connectivity index (χ1v) is 17.5. The second-order valence-electron chi connectivity index (χ2n) is 14.9. The summed E-state index contributed by atoms with van der Waals surface area (Å²) in [5.74, 6) is -0.0862. The van der Waals surface area contributed by atoms with Gasteiger partial charge in [-0.15, -0.1) is 0 Å². The van der Waals surface area contributed by atoms with Crippen LogP contribution in [-0.4, -0.2) is 106 Å². The number of cyclic esters (lactones) is 1. The minimum Gasteiger partial charge on any atom is -0.423 e. The molecule has 268 valence electrons. The zero-order valence-electron chi connectivity index (χ0n) is 28.4. The first-order chi connectivity index (χ1) is 23.4. The van der Waals surface area contributed by atoms with Crippen LogP contribution in [0.4, 0.5) is 5.69 Å². The molecule has 6 N–H and O–H groups in total. The lowest BCUT2D eigenvalue weighted by Crippen LogP contribution is -2.63. The summed E-state index contributed by atoms with van der Waals surface area (Å²) in [6.07, 6.45) is 4.69. The van der Waals surface area contributed by atoms with Crippen molar-refractivity contribution in [3.63, 3.8) is 0 Å².